The molecule has 0 aliphatic carbocycles. The van der Waals surface area contributed by atoms with Gasteiger partial charge in [0.05, 0.1) is 26.9 Å². The van der Waals surface area contributed by atoms with Crippen LogP contribution in [0.2, 0.25) is 0 Å². The number of nitrogens with two attached hydrogens (primary N) is 1. The van der Waals surface area contributed by atoms with Gasteiger partial charge in [0.25, 0.3) is 11.4 Å². The van der Waals surface area contributed by atoms with E-state index < -0.39 is 56.1 Å². The summed E-state index contributed by atoms with van der Waals surface area (Å²) >= 11 is 0. The molecule has 0 saturated carbocycles. The molecule has 0 spiro atoms. The number of hydrogen-bond donors (Lipinski definition) is 2. The lowest BCUT2D eigenvalue weighted by atomic mass is 10.2. The first-order valence-corrected chi connectivity index (χ1v) is 5.91. The number of rotatable bonds is 6. The zero-order valence-corrected chi connectivity index (χ0v) is 12.0. The molecule has 1 aromatic rings. The molecule has 0 aromatic heterocycles. The molecular weight excluding hydrogens is 332 g/mol. The lowest BCUT2D eigenvalue weighted by Gasteiger charge is -2.15. The van der Waals surface area contributed by atoms with E-state index in [2.05, 4.69) is 4.74 Å². The number of nitrogens with one attached hydrogen (secondary N) is 1. The van der Waals surface area contributed by atoms with Gasteiger partial charge in [0.1, 0.15) is 6.54 Å². The highest BCUT2D eigenvalue weighted by Gasteiger charge is 2.33. The SMILES string of the molecule is CN(CC(=O)Oc1c([N+](=O)[O-])cc([N+](=O)[O-])cc1[N+](=O)[O-])C(=N)N. The van der Waals surface area contributed by atoms with Crippen molar-refractivity contribution in [1.82, 2.24) is 4.90 Å². The zero-order valence-electron chi connectivity index (χ0n) is 12.0. The number of hydrogen-bond acceptors (Lipinski definition) is 9. The summed E-state index contributed by atoms with van der Waals surface area (Å²) in [5.41, 5.74) is 1.96. The number of nitrogens with zero attached hydrogens (tertiary/aromatic N) is 4. The van der Waals surface area contributed by atoms with Crippen LogP contribution in [0.5, 0.6) is 5.75 Å². The van der Waals surface area contributed by atoms with Crippen LogP contribution in [0.15, 0.2) is 12.1 Å². The molecule has 128 valence electrons. The summed E-state index contributed by atoms with van der Waals surface area (Å²) in [4.78, 5) is 41.9. The fourth-order valence-corrected chi connectivity index (χ4v) is 1.49. The Hall–Kier alpha value is -3.84. The van der Waals surface area contributed by atoms with Crippen LogP contribution in [0.4, 0.5) is 17.1 Å². The number of carbonyl (C=O) groups excluding carboxylic acids is 1. The van der Waals surface area contributed by atoms with Crippen LogP contribution in [-0.4, -0.2) is 45.2 Å². The minimum absolute atomic E-state index is 0.435. The maximum absolute atomic E-state index is 11.7. The van der Waals surface area contributed by atoms with E-state index in [9.17, 15) is 35.1 Å². The van der Waals surface area contributed by atoms with Crippen molar-refractivity contribution in [2.75, 3.05) is 13.6 Å². The number of nitro benzene ring substituents is 3. The summed E-state index contributed by atoms with van der Waals surface area (Å²) < 4.78 is 4.62. The van der Waals surface area contributed by atoms with E-state index in [1.165, 1.54) is 7.05 Å². The highest BCUT2D eigenvalue weighted by molar-refractivity contribution is 5.83. The third-order valence-electron chi connectivity index (χ3n) is 2.63. The quantitative estimate of drug-likeness (QED) is 0.178. The Bertz CT molecular complexity index is 712. The van der Waals surface area contributed by atoms with Gasteiger partial charge in [-0.15, -0.1) is 0 Å². The maximum atomic E-state index is 11.7. The fraction of sp³-hybridized carbons (Fsp3) is 0.200. The smallest absolute Gasteiger partial charge is 0.331 e. The third kappa shape index (κ3) is 4.09. The molecule has 0 saturated heterocycles. The Kier molecular flexibility index (Phi) is 5.27. The first-order chi connectivity index (χ1) is 11.0. The Balaban J connectivity index is 3.36. The van der Waals surface area contributed by atoms with Gasteiger partial charge in [-0.1, -0.05) is 0 Å². The van der Waals surface area contributed by atoms with Crippen LogP contribution in [0.25, 0.3) is 0 Å². The van der Waals surface area contributed by atoms with Crippen LogP contribution in [0.3, 0.4) is 0 Å². The predicted molar refractivity (Wildman–Crippen MR) is 76.6 cm³/mol. The van der Waals surface area contributed by atoms with Crippen LogP contribution >= 0.6 is 0 Å². The van der Waals surface area contributed by atoms with Crippen molar-refractivity contribution in [1.29, 1.82) is 5.41 Å². The monoisotopic (exact) mass is 342 g/mol. The fourth-order valence-electron chi connectivity index (χ4n) is 1.49. The normalized spacial score (nSPS) is 9.88. The molecule has 14 heteroatoms. The lowest BCUT2D eigenvalue weighted by Crippen LogP contribution is -2.38. The van der Waals surface area contributed by atoms with Crippen LogP contribution in [-0.2, 0) is 4.79 Å². The van der Waals surface area contributed by atoms with E-state index in [1.54, 1.807) is 0 Å². The van der Waals surface area contributed by atoms with E-state index in [0.717, 1.165) is 4.90 Å². The van der Waals surface area contributed by atoms with Crippen molar-refractivity contribution in [2.45, 2.75) is 0 Å². The summed E-state index contributed by atoms with van der Waals surface area (Å²) in [6.07, 6.45) is 0. The molecule has 24 heavy (non-hydrogen) atoms. The second kappa shape index (κ2) is 6.95. The number of likely N-dealkylation sites (N-methyl/N-ethyl adjacent to an activating group) is 1. The number of carbonyl (C=O) groups is 1. The average molecular weight is 342 g/mol. The van der Waals surface area contributed by atoms with Crippen molar-refractivity contribution >= 4 is 29.0 Å². The van der Waals surface area contributed by atoms with Crippen molar-refractivity contribution in [3.05, 3.63) is 42.5 Å². The highest BCUT2D eigenvalue weighted by atomic mass is 16.6. The molecule has 0 aliphatic rings. The van der Waals surface area contributed by atoms with Gasteiger partial charge in [-0.3, -0.25) is 35.8 Å². The molecule has 0 fully saturated rings. The molecule has 14 nitrogen and oxygen atoms in total. The minimum Gasteiger partial charge on any atom is -0.410 e. The standard InChI is InChI=1S/C10H10N6O8/c1-13(10(11)12)4-8(17)24-9-6(15(20)21)2-5(14(18)19)3-7(9)16(22)23/h2-3H,4H2,1H3,(H3,11,12). The summed E-state index contributed by atoms with van der Waals surface area (Å²) in [6, 6.07) is 0.870. The molecule has 0 bridgehead atoms. The van der Waals surface area contributed by atoms with Gasteiger partial charge < -0.3 is 15.4 Å². The Morgan fingerprint density at radius 1 is 1.17 bits per heavy atom. The number of benzene rings is 1. The van der Waals surface area contributed by atoms with Gasteiger partial charge in [-0.2, -0.15) is 0 Å². The third-order valence-corrected chi connectivity index (χ3v) is 2.63. The summed E-state index contributed by atoms with van der Waals surface area (Å²) in [5, 5.41) is 39.8. The summed E-state index contributed by atoms with van der Waals surface area (Å²) in [7, 11) is 1.24. The average Bonchev–Trinajstić information content (AvgIpc) is 2.45. The van der Waals surface area contributed by atoms with Gasteiger partial charge >= 0.3 is 17.3 Å². The predicted octanol–water partition coefficient (Wildman–Crippen LogP) is 0.142. The number of non-ortho nitro benzene ring substituents is 1. The van der Waals surface area contributed by atoms with E-state index in [-0.39, 0.29) is 0 Å². The van der Waals surface area contributed by atoms with Gasteiger partial charge in [0.2, 0.25) is 0 Å². The molecule has 3 N–H and O–H groups in total. The first-order valence-electron chi connectivity index (χ1n) is 5.91. The van der Waals surface area contributed by atoms with Gasteiger partial charge in [0.15, 0.2) is 5.96 Å². The molecule has 0 heterocycles. The second-order valence-electron chi connectivity index (χ2n) is 4.30. The van der Waals surface area contributed by atoms with E-state index in [1.807, 2.05) is 0 Å². The number of esters is 1. The van der Waals surface area contributed by atoms with Gasteiger partial charge in [-0.05, 0) is 0 Å². The Morgan fingerprint density at radius 2 is 1.62 bits per heavy atom. The molecule has 0 atom stereocenters. The van der Waals surface area contributed by atoms with Crippen LogP contribution in [0.1, 0.15) is 0 Å². The van der Waals surface area contributed by atoms with Gasteiger partial charge in [-0.25, -0.2) is 4.79 Å². The molecule has 0 unspecified atom stereocenters. The van der Waals surface area contributed by atoms with E-state index in [0.29, 0.717) is 12.1 Å². The first kappa shape index (κ1) is 18.2. The largest absolute Gasteiger partial charge is 0.410 e. The van der Waals surface area contributed by atoms with E-state index in [4.69, 9.17) is 11.1 Å². The molecule has 1 aromatic carbocycles. The molecular formula is C10H10N6O8. The second-order valence-corrected chi connectivity index (χ2v) is 4.30. The van der Waals surface area contributed by atoms with Gasteiger partial charge in [0, 0.05) is 7.05 Å². The van der Waals surface area contributed by atoms with Crippen LogP contribution < -0.4 is 10.5 Å². The molecule has 0 amide bonds. The van der Waals surface area contributed by atoms with E-state index >= 15 is 0 Å². The lowest BCUT2D eigenvalue weighted by molar-refractivity contribution is -0.404. The number of ether oxygens (including phenoxy) is 1. The Morgan fingerprint density at radius 3 is 1.96 bits per heavy atom. The number of nitro groups is 3. The maximum Gasteiger partial charge on any atom is 0.331 e. The highest BCUT2D eigenvalue weighted by Crippen LogP contribution is 2.40. The molecule has 0 aliphatic heterocycles. The minimum atomic E-state index is -1.19. The summed E-state index contributed by atoms with van der Waals surface area (Å²) in [6.45, 7) is -0.624. The van der Waals surface area contributed by atoms with Crippen molar-refractivity contribution < 1.29 is 24.3 Å². The topological polar surface area (TPSA) is 209 Å². The Labute approximate surface area is 132 Å². The zero-order chi connectivity index (χ0) is 18.6. The van der Waals surface area contributed by atoms with Crippen LogP contribution in [0, 0.1) is 35.8 Å². The molecule has 0 radical (unpaired) electrons. The number of guanidine groups is 1. The van der Waals surface area contributed by atoms with Crippen molar-refractivity contribution in [3.8, 4) is 5.75 Å². The summed E-state index contributed by atoms with van der Waals surface area (Å²) in [5.74, 6) is -2.75. The molecule has 1 rings (SSSR count). The van der Waals surface area contributed by atoms with Crippen molar-refractivity contribution in [3.63, 3.8) is 0 Å². The van der Waals surface area contributed by atoms with Crippen molar-refractivity contribution in [2.24, 2.45) is 5.73 Å².